The predicted molar refractivity (Wildman–Crippen MR) is 81.8 cm³/mol. The number of aliphatic hydroxyl groups is 1. The zero-order chi connectivity index (χ0) is 15.1. The van der Waals surface area contributed by atoms with Crippen LogP contribution in [-0.4, -0.2) is 16.8 Å². The number of ether oxygens (including phenoxy) is 1. The first-order valence-corrected chi connectivity index (χ1v) is 6.68. The van der Waals surface area contributed by atoms with Gasteiger partial charge in [0.25, 0.3) is 0 Å². The maximum Gasteiger partial charge on any atom is 0.115 e. The van der Waals surface area contributed by atoms with Gasteiger partial charge in [-0.05, 0) is 23.3 Å². The van der Waals surface area contributed by atoms with Crippen LogP contribution in [0.3, 0.4) is 0 Å². The Balaban J connectivity index is 1.94. The average Bonchev–Trinajstić information content (AvgIpc) is 2.53. The highest BCUT2D eigenvalue weighted by Crippen LogP contribution is 2.23. The molecule has 3 heteroatoms. The molecule has 2 aromatic carbocycles. The standard InChI is InChI=1S/C18H18O3/c1-2-15(13-21-12-14-6-4-3-5-7-14)18(20)16-8-10-17(19)11-9-16/h3-11,18-20H,1,12-13H2/t18-/m0/s1. The second-order valence-corrected chi connectivity index (χ2v) is 4.67. The topological polar surface area (TPSA) is 49.7 Å². The minimum atomic E-state index is -0.834. The van der Waals surface area contributed by atoms with E-state index in [2.05, 4.69) is 12.3 Å². The minimum absolute atomic E-state index is 0.162. The van der Waals surface area contributed by atoms with Gasteiger partial charge < -0.3 is 14.9 Å². The smallest absolute Gasteiger partial charge is 0.115 e. The van der Waals surface area contributed by atoms with Gasteiger partial charge in [0.05, 0.1) is 13.2 Å². The van der Waals surface area contributed by atoms with Crippen molar-refractivity contribution in [3.63, 3.8) is 0 Å². The van der Waals surface area contributed by atoms with Crippen LogP contribution in [0.15, 0.2) is 72.5 Å². The van der Waals surface area contributed by atoms with Crippen molar-refractivity contribution in [1.82, 2.24) is 0 Å². The summed E-state index contributed by atoms with van der Waals surface area (Å²) in [5, 5.41) is 19.5. The van der Waals surface area contributed by atoms with Gasteiger partial charge in [-0.1, -0.05) is 49.0 Å². The molecule has 3 nitrogen and oxygen atoms in total. The van der Waals surface area contributed by atoms with Crippen molar-refractivity contribution >= 4 is 0 Å². The third-order valence-corrected chi connectivity index (χ3v) is 3.14. The van der Waals surface area contributed by atoms with E-state index in [1.54, 1.807) is 12.1 Å². The Kier molecular flexibility index (Phi) is 5.35. The van der Waals surface area contributed by atoms with Crippen LogP contribution in [0.2, 0.25) is 0 Å². The number of rotatable bonds is 6. The molecule has 0 fully saturated rings. The molecule has 0 amide bonds. The summed E-state index contributed by atoms with van der Waals surface area (Å²) in [6, 6.07) is 16.2. The fourth-order valence-electron chi connectivity index (χ4n) is 1.94. The lowest BCUT2D eigenvalue weighted by Crippen LogP contribution is -2.07. The molecule has 108 valence electrons. The van der Waals surface area contributed by atoms with Gasteiger partial charge in [-0.2, -0.15) is 0 Å². The molecule has 0 aliphatic rings. The number of aliphatic hydroxyl groups excluding tert-OH is 1. The molecule has 0 aliphatic carbocycles. The van der Waals surface area contributed by atoms with Crippen LogP contribution in [0.4, 0.5) is 0 Å². The summed E-state index contributed by atoms with van der Waals surface area (Å²) >= 11 is 0. The lowest BCUT2D eigenvalue weighted by Gasteiger charge is -2.14. The van der Waals surface area contributed by atoms with Crippen molar-refractivity contribution in [3.8, 4) is 5.75 Å². The molecule has 2 N–H and O–H groups in total. The summed E-state index contributed by atoms with van der Waals surface area (Å²) in [4.78, 5) is 0. The Labute approximate surface area is 124 Å². The first kappa shape index (κ1) is 15.1. The van der Waals surface area contributed by atoms with Gasteiger partial charge in [0.2, 0.25) is 0 Å². The Bertz CT molecular complexity index is 611. The first-order chi connectivity index (χ1) is 10.2. The van der Waals surface area contributed by atoms with E-state index in [4.69, 9.17) is 4.74 Å². The number of hydrogen-bond acceptors (Lipinski definition) is 3. The number of phenolic OH excluding ortho intramolecular Hbond substituents is 1. The molecule has 0 saturated carbocycles. The van der Waals surface area contributed by atoms with Crippen molar-refractivity contribution < 1.29 is 14.9 Å². The number of benzene rings is 2. The summed E-state index contributed by atoms with van der Waals surface area (Å²) in [7, 11) is 0. The molecule has 0 heterocycles. The summed E-state index contributed by atoms with van der Waals surface area (Å²) in [6.45, 7) is 4.32. The lowest BCUT2D eigenvalue weighted by molar-refractivity contribution is 0.116. The van der Waals surface area contributed by atoms with E-state index in [0.29, 0.717) is 17.7 Å². The van der Waals surface area contributed by atoms with Crippen LogP contribution >= 0.6 is 0 Å². The third-order valence-electron chi connectivity index (χ3n) is 3.14. The molecule has 0 radical (unpaired) electrons. The van der Waals surface area contributed by atoms with Gasteiger partial charge in [-0.25, -0.2) is 0 Å². The Hall–Kier alpha value is -2.32. The molecule has 0 aromatic heterocycles. The summed E-state index contributed by atoms with van der Waals surface area (Å²) in [5.41, 5.74) is 5.03. The summed E-state index contributed by atoms with van der Waals surface area (Å²) in [5.74, 6) is 0.162. The fraction of sp³-hybridized carbons (Fsp3) is 0.167. The second-order valence-electron chi connectivity index (χ2n) is 4.67. The van der Waals surface area contributed by atoms with Gasteiger partial charge in [0.1, 0.15) is 11.9 Å². The predicted octanol–water partition coefficient (Wildman–Crippen LogP) is 3.35. The molecule has 0 aliphatic heterocycles. The number of aromatic hydroxyl groups is 1. The van der Waals surface area contributed by atoms with Crippen LogP contribution < -0.4 is 0 Å². The van der Waals surface area contributed by atoms with Crippen molar-refractivity contribution in [2.45, 2.75) is 12.7 Å². The van der Waals surface area contributed by atoms with Gasteiger partial charge >= 0.3 is 0 Å². The summed E-state index contributed by atoms with van der Waals surface area (Å²) < 4.78 is 5.59. The van der Waals surface area contributed by atoms with E-state index in [1.807, 2.05) is 30.3 Å². The molecular formula is C18H18O3. The molecule has 0 saturated heterocycles. The number of hydrogen-bond donors (Lipinski definition) is 2. The van der Waals surface area contributed by atoms with Crippen molar-refractivity contribution in [2.24, 2.45) is 0 Å². The highest BCUT2D eigenvalue weighted by atomic mass is 16.5. The first-order valence-electron chi connectivity index (χ1n) is 6.68. The van der Waals surface area contributed by atoms with Crippen LogP contribution in [-0.2, 0) is 11.3 Å². The molecular weight excluding hydrogens is 264 g/mol. The van der Waals surface area contributed by atoms with Gasteiger partial charge in [-0.3, -0.25) is 0 Å². The largest absolute Gasteiger partial charge is 0.508 e. The van der Waals surface area contributed by atoms with E-state index in [0.717, 1.165) is 5.56 Å². The molecule has 1 atom stereocenters. The van der Waals surface area contributed by atoms with Crippen molar-refractivity contribution in [3.05, 3.63) is 83.6 Å². The molecule has 21 heavy (non-hydrogen) atoms. The zero-order valence-electron chi connectivity index (χ0n) is 11.7. The molecule has 0 bridgehead atoms. The molecule has 0 unspecified atom stereocenters. The Morgan fingerprint density at radius 2 is 1.76 bits per heavy atom. The molecule has 2 aromatic rings. The Morgan fingerprint density at radius 3 is 2.38 bits per heavy atom. The van der Waals surface area contributed by atoms with Gasteiger partial charge in [0.15, 0.2) is 0 Å². The minimum Gasteiger partial charge on any atom is -0.508 e. The number of phenols is 1. The maximum atomic E-state index is 10.3. The van der Waals surface area contributed by atoms with Crippen molar-refractivity contribution in [1.29, 1.82) is 0 Å². The van der Waals surface area contributed by atoms with E-state index < -0.39 is 6.10 Å². The quantitative estimate of drug-likeness (QED) is 0.799. The molecule has 0 spiro atoms. The van der Waals surface area contributed by atoms with Crippen LogP contribution in [0, 0.1) is 0 Å². The van der Waals surface area contributed by atoms with E-state index in [-0.39, 0.29) is 12.4 Å². The van der Waals surface area contributed by atoms with Crippen LogP contribution in [0.1, 0.15) is 17.2 Å². The molecule has 2 rings (SSSR count). The average molecular weight is 282 g/mol. The fourth-order valence-corrected chi connectivity index (χ4v) is 1.94. The SMILES string of the molecule is C=C=C(COCc1ccccc1)[C@H](O)c1ccc(O)cc1. The highest BCUT2D eigenvalue weighted by molar-refractivity contribution is 5.31. The zero-order valence-corrected chi connectivity index (χ0v) is 11.7. The second kappa shape index (κ2) is 7.46. The lowest BCUT2D eigenvalue weighted by atomic mass is 10.0. The van der Waals surface area contributed by atoms with Crippen LogP contribution in [0.5, 0.6) is 5.75 Å². The van der Waals surface area contributed by atoms with Gasteiger partial charge in [-0.15, -0.1) is 5.73 Å². The van der Waals surface area contributed by atoms with Gasteiger partial charge in [0, 0.05) is 5.57 Å². The van der Waals surface area contributed by atoms with Crippen molar-refractivity contribution in [2.75, 3.05) is 6.61 Å². The normalized spacial score (nSPS) is 11.7. The van der Waals surface area contributed by atoms with E-state index >= 15 is 0 Å². The Morgan fingerprint density at radius 1 is 1.10 bits per heavy atom. The third kappa shape index (κ3) is 4.33. The van der Waals surface area contributed by atoms with E-state index in [9.17, 15) is 10.2 Å². The summed E-state index contributed by atoms with van der Waals surface area (Å²) in [6.07, 6.45) is -0.834. The van der Waals surface area contributed by atoms with Crippen LogP contribution in [0.25, 0.3) is 0 Å². The maximum absolute atomic E-state index is 10.3. The van der Waals surface area contributed by atoms with E-state index in [1.165, 1.54) is 12.1 Å². The highest BCUT2D eigenvalue weighted by Gasteiger charge is 2.13. The monoisotopic (exact) mass is 282 g/mol.